The van der Waals surface area contributed by atoms with E-state index in [9.17, 15) is 4.79 Å². The standard InChI is InChI=1S/C16H12N2O3S/c1-20-12-6-4-11(5-7-12)13-8-9-15(18-17-13)21-16(19)14-3-2-10-22-14/h2-10H,1H3. The molecule has 0 bridgehead atoms. The number of esters is 1. The van der Waals surface area contributed by atoms with Crippen molar-refractivity contribution in [1.82, 2.24) is 10.2 Å². The summed E-state index contributed by atoms with van der Waals surface area (Å²) < 4.78 is 10.3. The second kappa shape index (κ2) is 6.36. The van der Waals surface area contributed by atoms with Gasteiger partial charge in [0.2, 0.25) is 5.88 Å². The van der Waals surface area contributed by atoms with Gasteiger partial charge in [-0.15, -0.1) is 21.5 Å². The van der Waals surface area contributed by atoms with Crippen LogP contribution in [-0.4, -0.2) is 23.3 Å². The quantitative estimate of drug-likeness (QED) is 0.691. The predicted octanol–water partition coefficient (Wildman–Crippen LogP) is 3.43. The van der Waals surface area contributed by atoms with Crippen LogP contribution in [-0.2, 0) is 0 Å². The number of nitrogens with zero attached hydrogens (tertiary/aromatic N) is 2. The van der Waals surface area contributed by atoms with Gasteiger partial charge in [-0.1, -0.05) is 6.07 Å². The normalized spacial score (nSPS) is 10.2. The largest absolute Gasteiger partial charge is 0.497 e. The van der Waals surface area contributed by atoms with E-state index in [2.05, 4.69) is 10.2 Å². The number of methoxy groups -OCH3 is 1. The van der Waals surface area contributed by atoms with Crippen molar-refractivity contribution < 1.29 is 14.3 Å². The second-order valence-electron chi connectivity index (χ2n) is 4.35. The van der Waals surface area contributed by atoms with Gasteiger partial charge in [-0.25, -0.2) is 4.79 Å². The van der Waals surface area contributed by atoms with Gasteiger partial charge in [0.25, 0.3) is 0 Å². The van der Waals surface area contributed by atoms with Gasteiger partial charge in [0, 0.05) is 11.6 Å². The van der Waals surface area contributed by atoms with Crippen molar-refractivity contribution in [2.24, 2.45) is 0 Å². The molecule has 3 rings (SSSR count). The minimum atomic E-state index is -0.429. The van der Waals surface area contributed by atoms with Crippen molar-refractivity contribution in [1.29, 1.82) is 0 Å². The first-order valence-electron chi connectivity index (χ1n) is 6.50. The van der Waals surface area contributed by atoms with Crippen LogP contribution < -0.4 is 9.47 Å². The monoisotopic (exact) mass is 312 g/mol. The van der Waals surface area contributed by atoms with Crippen LogP contribution in [0, 0.1) is 0 Å². The zero-order valence-electron chi connectivity index (χ0n) is 11.7. The fourth-order valence-corrected chi connectivity index (χ4v) is 2.43. The fourth-order valence-electron chi connectivity index (χ4n) is 1.83. The minimum Gasteiger partial charge on any atom is -0.497 e. The van der Waals surface area contributed by atoms with E-state index in [-0.39, 0.29) is 5.88 Å². The van der Waals surface area contributed by atoms with Crippen LogP contribution in [0.1, 0.15) is 9.67 Å². The smallest absolute Gasteiger partial charge is 0.355 e. The molecule has 0 aliphatic carbocycles. The Bertz CT molecular complexity index is 753. The molecule has 6 heteroatoms. The lowest BCUT2D eigenvalue weighted by Crippen LogP contribution is -2.08. The summed E-state index contributed by atoms with van der Waals surface area (Å²) in [6.45, 7) is 0. The molecule has 0 amide bonds. The molecular formula is C16H12N2O3S. The van der Waals surface area contributed by atoms with Gasteiger partial charge in [-0.3, -0.25) is 0 Å². The highest BCUT2D eigenvalue weighted by Gasteiger charge is 2.11. The van der Waals surface area contributed by atoms with E-state index in [0.29, 0.717) is 10.6 Å². The lowest BCUT2D eigenvalue weighted by atomic mass is 10.1. The van der Waals surface area contributed by atoms with Crippen molar-refractivity contribution in [2.75, 3.05) is 7.11 Å². The van der Waals surface area contributed by atoms with Gasteiger partial charge in [-0.2, -0.15) is 0 Å². The zero-order chi connectivity index (χ0) is 15.4. The second-order valence-corrected chi connectivity index (χ2v) is 5.30. The predicted molar refractivity (Wildman–Crippen MR) is 83.3 cm³/mol. The Hall–Kier alpha value is -2.73. The minimum absolute atomic E-state index is 0.177. The van der Waals surface area contributed by atoms with Crippen LogP contribution in [0.25, 0.3) is 11.3 Å². The number of ether oxygens (including phenoxy) is 2. The molecule has 3 aromatic rings. The molecule has 0 spiro atoms. The molecule has 0 aliphatic heterocycles. The third-order valence-corrected chi connectivity index (χ3v) is 3.80. The molecule has 0 aliphatic rings. The van der Waals surface area contributed by atoms with E-state index in [0.717, 1.165) is 11.3 Å². The van der Waals surface area contributed by atoms with Gasteiger partial charge in [0.1, 0.15) is 10.6 Å². The number of hydrogen-bond donors (Lipinski definition) is 0. The average Bonchev–Trinajstić information content (AvgIpc) is 3.10. The summed E-state index contributed by atoms with van der Waals surface area (Å²) in [7, 11) is 1.62. The van der Waals surface area contributed by atoms with Crippen LogP contribution in [0.2, 0.25) is 0 Å². The molecule has 2 aromatic heterocycles. The van der Waals surface area contributed by atoms with Crippen LogP contribution in [0.3, 0.4) is 0 Å². The summed E-state index contributed by atoms with van der Waals surface area (Å²) in [6.07, 6.45) is 0. The van der Waals surface area contributed by atoms with Crippen LogP contribution in [0.15, 0.2) is 53.9 Å². The number of hydrogen-bond acceptors (Lipinski definition) is 6. The third kappa shape index (κ3) is 3.12. The summed E-state index contributed by atoms with van der Waals surface area (Å²) in [4.78, 5) is 12.3. The SMILES string of the molecule is COc1ccc(-c2ccc(OC(=O)c3cccs3)nn2)cc1. The number of benzene rings is 1. The zero-order valence-corrected chi connectivity index (χ0v) is 12.5. The molecule has 0 saturated carbocycles. The lowest BCUT2D eigenvalue weighted by Gasteiger charge is -2.04. The summed E-state index contributed by atoms with van der Waals surface area (Å²) in [6, 6.07) is 14.3. The van der Waals surface area contributed by atoms with E-state index in [1.54, 1.807) is 31.4 Å². The van der Waals surface area contributed by atoms with Gasteiger partial charge < -0.3 is 9.47 Å². The number of thiophene rings is 1. The Morgan fingerprint density at radius 3 is 2.45 bits per heavy atom. The third-order valence-electron chi connectivity index (χ3n) is 2.95. The van der Waals surface area contributed by atoms with E-state index in [1.807, 2.05) is 29.6 Å². The van der Waals surface area contributed by atoms with Crippen molar-refractivity contribution in [3.63, 3.8) is 0 Å². The Morgan fingerprint density at radius 1 is 1.05 bits per heavy atom. The molecule has 22 heavy (non-hydrogen) atoms. The van der Waals surface area contributed by atoms with Gasteiger partial charge >= 0.3 is 5.97 Å². The van der Waals surface area contributed by atoms with Gasteiger partial charge in [-0.05, 0) is 41.8 Å². The molecule has 110 valence electrons. The van der Waals surface area contributed by atoms with Crippen LogP contribution >= 0.6 is 11.3 Å². The topological polar surface area (TPSA) is 61.3 Å². The molecule has 0 radical (unpaired) electrons. The van der Waals surface area contributed by atoms with Crippen LogP contribution in [0.4, 0.5) is 0 Å². The highest BCUT2D eigenvalue weighted by molar-refractivity contribution is 7.12. The molecule has 0 N–H and O–H groups in total. The molecular weight excluding hydrogens is 300 g/mol. The van der Waals surface area contributed by atoms with E-state index < -0.39 is 5.97 Å². The fraction of sp³-hybridized carbons (Fsp3) is 0.0625. The summed E-state index contributed by atoms with van der Waals surface area (Å²) in [5.41, 5.74) is 1.60. The highest BCUT2D eigenvalue weighted by atomic mass is 32.1. The molecule has 0 atom stereocenters. The molecule has 0 saturated heterocycles. The molecule has 0 unspecified atom stereocenters. The number of carbonyl (C=O) groups is 1. The summed E-state index contributed by atoms with van der Waals surface area (Å²) in [5, 5.41) is 9.82. The number of aromatic nitrogens is 2. The Kier molecular flexibility index (Phi) is 4.11. The molecule has 5 nitrogen and oxygen atoms in total. The van der Waals surface area contributed by atoms with E-state index in [4.69, 9.17) is 9.47 Å². The van der Waals surface area contributed by atoms with Crippen molar-refractivity contribution in [2.45, 2.75) is 0 Å². The number of rotatable bonds is 4. The first-order chi connectivity index (χ1) is 10.8. The lowest BCUT2D eigenvalue weighted by molar-refractivity contribution is 0.0731. The first-order valence-corrected chi connectivity index (χ1v) is 7.38. The van der Waals surface area contributed by atoms with E-state index in [1.165, 1.54) is 11.3 Å². The van der Waals surface area contributed by atoms with Crippen molar-refractivity contribution >= 4 is 17.3 Å². The first kappa shape index (κ1) is 14.2. The van der Waals surface area contributed by atoms with Crippen LogP contribution in [0.5, 0.6) is 11.6 Å². The maximum Gasteiger partial charge on any atom is 0.355 e. The Morgan fingerprint density at radius 2 is 1.86 bits per heavy atom. The highest BCUT2D eigenvalue weighted by Crippen LogP contribution is 2.21. The summed E-state index contributed by atoms with van der Waals surface area (Å²) in [5.74, 6) is 0.523. The molecule has 0 fully saturated rings. The summed E-state index contributed by atoms with van der Waals surface area (Å²) >= 11 is 1.32. The Labute approximate surface area is 131 Å². The maximum absolute atomic E-state index is 11.8. The maximum atomic E-state index is 11.8. The van der Waals surface area contributed by atoms with E-state index >= 15 is 0 Å². The van der Waals surface area contributed by atoms with Gasteiger partial charge in [0.15, 0.2) is 0 Å². The van der Waals surface area contributed by atoms with Crippen molar-refractivity contribution in [3.05, 3.63) is 58.8 Å². The van der Waals surface area contributed by atoms with Crippen molar-refractivity contribution in [3.8, 4) is 22.9 Å². The van der Waals surface area contributed by atoms with Gasteiger partial charge in [0.05, 0.1) is 12.8 Å². The molecule has 1 aromatic carbocycles. The number of carbonyl (C=O) groups excluding carboxylic acids is 1. The Balaban J connectivity index is 1.73. The average molecular weight is 312 g/mol. The molecule has 2 heterocycles.